The molecule has 0 spiro atoms. The number of aromatic nitrogens is 2. The Morgan fingerprint density at radius 1 is 0.867 bits per heavy atom. The molecule has 2 aromatic carbocycles. The first kappa shape index (κ1) is 19.3. The zero-order chi connectivity index (χ0) is 20.9. The normalized spacial score (nSPS) is 10.7. The van der Waals surface area contributed by atoms with Crippen molar-refractivity contribution >= 4 is 11.7 Å². The number of carbonyl (C=O) groups is 2. The average Bonchev–Trinajstić information content (AvgIpc) is 3.29. The third-order valence-corrected chi connectivity index (χ3v) is 4.70. The zero-order valence-electron chi connectivity index (χ0n) is 16.1. The van der Waals surface area contributed by atoms with Gasteiger partial charge in [0, 0.05) is 6.42 Å². The predicted molar refractivity (Wildman–Crippen MR) is 113 cm³/mol. The SMILES string of the molecule is NC(=O)c1cccc(-c2cnc(C(=O)CCc3ccc(-c4ccccc4)cc3)o2)n1. The largest absolute Gasteiger partial charge is 0.432 e. The lowest BCUT2D eigenvalue weighted by Gasteiger charge is -2.04. The van der Waals surface area contributed by atoms with Crippen LogP contribution in [0, 0.1) is 0 Å². The van der Waals surface area contributed by atoms with Crippen LogP contribution >= 0.6 is 0 Å². The van der Waals surface area contributed by atoms with Gasteiger partial charge in [-0.05, 0) is 35.2 Å². The van der Waals surface area contributed by atoms with Crippen molar-refractivity contribution in [2.75, 3.05) is 0 Å². The highest BCUT2D eigenvalue weighted by Gasteiger charge is 2.16. The molecule has 0 radical (unpaired) electrons. The average molecular weight is 397 g/mol. The molecule has 6 heteroatoms. The fourth-order valence-electron chi connectivity index (χ4n) is 3.09. The molecule has 0 saturated carbocycles. The zero-order valence-corrected chi connectivity index (χ0v) is 16.1. The summed E-state index contributed by atoms with van der Waals surface area (Å²) in [5, 5.41) is 0. The summed E-state index contributed by atoms with van der Waals surface area (Å²) >= 11 is 0. The van der Waals surface area contributed by atoms with E-state index >= 15 is 0 Å². The summed E-state index contributed by atoms with van der Waals surface area (Å²) in [5.74, 6) is -0.490. The lowest BCUT2D eigenvalue weighted by atomic mass is 10.0. The number of carbonyl (C=O) groups excluding carboxylic acids is 2. The summed E-state index contributed by atoms with van der Waals surface area (Å²) in [7, 11) is 0. The molecule has 148 valence electrons. The predicted octanol–water partition coefficient (Wildman–Crippen LogP) is 4.32. The molecule has 1 amide bonds. The van der Waals surface area contributed by atoms with Crippen LogP contribution < -0.4 is 5.73 Å². The molecular formula is C24H19N3O3. The number of aryl methyl sites for hydroxylation is 1. The fourth-order valence-corrected chi connectivity index (χ4v) is 3.09. The van der Waals surface area contributed by atoms with Gasteiger partial charge in [0.15, 0.2) is 5.76 Å². The number of benzene rings is 2. The Morgan fingerprint density at radius 2 is 1.60 bits per heavy atom. The maximum atomic E-state index is 12.5. The second-order valence-corrected chi connectivity index (χ2v) is 6.79. The van der Waals surface area contributed by atoms with Crippen LogP contribution in [0.5, 0.6) is 0 Å². The van der Waals surface area contributed by atoms with E-state index in [0.29, 0.717) is 17.9 Å². The van der Waals surface area contributed by atoms with Crippen molar-refractivity contribution in [3.05, 3.63) is 96.1 Å². The van der Waals surface area contributed by atoms with E-state index < -0.39 is 5.91 Å². The Morgan fingerprint density at radius 3 is 2.33 bits per heavy atom. The van der Waals surface area contributed by atoms with Gasteiger partial charge in [-0.25, -0.2) is 9.97 Å². The molecule has 0 aliphatic carbocycles. The second kappa shape index (κ2) is 8.53. The minimum Gasteiger partial charge on any atom is -0.432 e. The van der Waals surface area contributed by atoms with Crippen LogP contribution in [0.25, 0.3) is 22.6 Å². The van der Waals surface area contributed by atoms with Gasteiger partial charge in [0.2, 0.25) is 5.78 Å². The molecule has 0 unspecified atom stereocenters. The van der Waals surface area contributed by atoms with Gasteiger partial charge in [-0.1, -0.05) is 60.7 Å². The van der Waals surface area contributed by atoms with Gasteiger partial charge in [0.1, 0.15) is 11.4 Å². The molecule has 2 heterocycles. The molecule has 0 atom stereocenters. The number of primary amides is 1. The van der Waals surface area contributed by atoms with E-state index in [4.69, 9.17) is 10.2 Å². The van der Waals surface area contributed by atoms with E-state index in [1.165, 1.54) is 12.3 Å². The van der Waals surface area contributed by atoms with E-state index in [1.807, 2.05) is 30.3 Å². The number of rotatable bonds is 7. The van der Waals surface area contributed by atoms with E-state index in [1.54, 1.807) is 12.1 Å². The molecule has 0 fully saturated rings. The molecule has 0 aliphatic heterocycles. The summed E-state index contributed by atoms with van der Waals surface area (Å²) in [6, 6.07) is 23.1. The van der Waals surface area contributed by atoms with Crippen molar-refractivity contribution in [1.82, 2.24) is 9.97 Å². The number of pyridine rings is 1. The number of amides is 1. The van der Waals surface area contributed by atoms with Crippen molar-refractivity contribution in [2.24, 2.45) is 5.73 Å². The lowest BCUT2D eigenvalue weighted by Crippen LogP contribution is -2.12. The van der Waals surface area contributed by atoms with Crippen LogP contribution in [0.4, 0.5) is 0 Å². The molecule has 2 aromatic heterocycles. The van der Waals surface area contributed by atoms with E-state index in [0.717, 1.165) is 16.7 Å². The first-order chi connectivity index (χ1) is 14.6. The second-order valence-electron chi connectivity index (χ2n) is 6.79. The van der Waals surface area contributed by atoms with Crippen LogP contribution in [0.3, 0.4) is 0 Å². The van der Waals surface area contributed by atoms with Gasteiger partial charge in [0.25, 0.3) is 11.8 Å². The lowest BCUT2D eigenvalue weighted by molar-refractivity contribution is 0.0948. The van der Waals surface area contributed by atoms with Crippen molar-refractivity contribution in [3.63, 3.8) is 0 Å². The van der Waals surface area contributed by atoms with Crippen LogP contribution in [-0.2, 0) is 6.42 Å². The highest BCUT2D eigenvalue weighted by Crippen LogP contribution is 2.21. The quantitative estimate of drug-likeness (QED) is 0.468. The van der Waals surface area contributed by atoms with Crippen LogP contribution in [0.2, 0.25) is 0 Å². The Hall–Kier alpha value is -4.06. The van der Waals surface area contributed by atoms with Crippen LogP contribution in [-0.4, -0.2) is 21.7 Å². The van der Waals surface area contributed by atoms with Gasteiger partial charge < -0.3 is 10.2 Å². The number of nitrogens with two attached hydrogens (primary N) is 1. The van der Waals surface area contributed by atoms with E-state index in [2.05, 4.69) is 34.2 Å². The molecule has 0 saturated heterocycles. The summed E-state index contributed by atoms with van der Waals surface area (Å²) in [5.41, 5.74) is 9.12. The molecule has 0 bridgehead atoms. The summed E-state index contributed by atoms with van der Waals surface area (Å²) in [6.45, 7) is 0. The maximum Gasteiger partial charge on any atom is 0.267 e. The van der Waals surface area contributed by atoms with Gasteiger partial charge in [-0.2, -0.15) is 0 Å². The van der Waals surface area contributed by atoms with E-state index in [-0.39, 0.29) is 23.8 Å². The summed E-state index contributed by atoms with van der Waals surface area (Å²) in [6.07, 6.45) is 2.29. The molecule has 0 aliphatic rings. The molecule has 30 heavy (non-hydrogen) atoms. The van der Waals surface area contributed by atoms with Crippen molar-refractivity contribution < 1.29 is 14.0 Å². The molecule has 6 nitrogen and oxygen atoms in total. The molecule has 4 aromatic rings. The first-order valence-corrected chi connectivity index (χ1v) is 9.51. The highest BCUT2D eigenvalue weighted by molar-refractivity contribution is 5.92. The molecule has 4 rings (SSSR count). The minimum atomic E-state index is -0.633. The minimum absolute atomic E-state index is 0.0252. The third kappa shape index (κ3) is 4.33. The Bertz CT molecular complexity index is 1180. The smallest absolute Gasteiger partial charge is 0.267 e. The summed E-state index contributed by atoms with van der Waals surface area (Å²) < 4.78 is 5.56. The maximum absolute atomic E-state index is 12.5. The van der Waals surface area contributed by atoms with Gasteiger partial charge >= 0.3 is 0 Å². The van der Waals surface area contributed by atoms with Crippen molar-refractivity contribution in [1.29, 1.82) is 0 Å². The van der Waals surface area contributed by atoms with Crippen LogP contribution in [0.15, 0.2) is 83.4 Å². The molecular weight excluding hydrogens is 378 g/mol. The number of hydrogen-bond acceptors (Lipinski definition) is 5. The summed E-state index contributed by atoms with van der Waals surface area (Å²) in [4.78, 5) is 31.9. The van der Waals surface area contributed by atoms with Crippen LogP contribution in [0.1, 0.15) is 33.2 Å². The topological polar surface area (TPSA) is 99.1 Å². The highest BCUT2D eigenvalue weighted by atomic mass is 16.4. The number of hydrogen-bond donors (Lipinski definition) is 1. The first-order valence-electron chi connectivity index (χ1n) is 9.51. The fraction of sp³-hybridized carbons (Fsp3) is 0.0833. The molecule has 2 N–H and O–H groups in total. The Labute approximate surface area is 173 Å². The van der Waals surface area contributed by atoms with Gasteiger partial charge in [-0.15, -0.1) is 0 Å². The third-order valence-electron chi connectivity index (χ3n) is 4.70. The van der Waals surface area contributed by atoms with Crippen molar-refractivity contribution in [3.8, 4) is 22.6 Å². The van der Waals surface area contributed by atoms with Crippen molar-refractivity contribution in [2.45, 2.75) is 12.8 Å². The number of nitrogens with zero attached hydrogens (tertiary/aromatic N) is 2. The number of Topliss-reactive ketones (excluding diaryl/α,β-unsaturated/α-hetero) is 1. The van der Waals surface area contributed by atoms with E-state index in [9.17, 15) is 9.59 Å². The number of ketones is 1. The van der Waals surface area contributed by atoms with Gasteiger partial charge in [-0.3, -0.25) is 9.59 Å². The monoisotopic (exact) mass is 397 g/mol. The Balaban J connectivity index is 1.40. The standard InChI is InChI=1S/C24H19N3O3/c25-23(29)20-8-4-7-19(27-20)22-15-26-24(30-22)21(28)14-11-16-9-12-18(13-10-16)17-5-2-1-3-6-17/h1-10,12-13,15H,11,14H2,(H2,25,29). The van der Waals surface area contributed by atoms with Gasteiger partial charge in [0.05, 0.1) is 6.20 Å². The Kier molecular flexibility index (Phi) is 5.48. The number of oxazole rings is 1.